The highest BCUT2D eigenvalue weighted by Crippen LogP contribution is 2.38. The SMILES string of the molecule is Cc1cccc(C)c1N=c1scc(-c2ccco2)n1C1CC1. The lowest BCUT2D eigenvalue weighted by Gasteiger charge is -2.07. The summed E-state index contributed by atoms with van der Waals surface area (Å²) in [4.78, 5) is 6.03. The minimum atomic E-state index is 0.564. The normalized spacial score (nSPS) is 15.5. The first-order chi connectivity index (χ1) is 10.7. The zero-order chi connectivity index (χ0) is 15.1. The summed E-state index contributed by atoms with van der Waals surface area (Å²) < 4.78 is 7.94. The van der Waals surface area contributed by atoms with E-state index in [2.05, 4.69) is 42.0 Å². The lowest BCUT2D eigenvalue weighted by Crippen LogP contribution is -2.14. The van der Waals surface area contributed by atoms with Crippen molar-refractivity contribution in [1.29, 1.82) is 0 Å². The van der Waals surface area contributed by atoms with Crippen molar-refractivity contribution in [1.82, 2.24) is 4.57 Å². The molecule has 0 unspecified atom stereocenters. The summed E-state index contributed by atoms with van der Waals surface area (Å²) in [6, 6.07) is 10.8. The van der Waals surface area contributed by atoms with Crippen LogP contribution in [0.5, 0.6) is 0 Å². The van der Waals surface area contributed by atoms with E-state index in [1.165, 1.54) is 24.0 Å². The quantitative estimate of drug-likeness (QED) is 0.670. The Labute approximate surface area is 133 Å². The highest BCUT2D eigenvalue weighted by atomic mass is 32.1. The van der Waals surface area contributed by atoms with Crippen LogP contribution in [0.4, 0.5) is 5.69 Å². The Morgan fingerprint density at radius 1 is 1.14 bits per heavy atom. The molecule has 2 aromatic heterocycles. The Bertz CT molecular complexity index is 847. The number of hydrogen-bond donors (Lipinski definition) is 0. The number of hydrogen-bond acceptors (Lipinski definition) is 3. The number of nitrogens with zero attached hydrogens (tertiary/aromatic N) is 2. The van der Waals surface area contributed by atoms with E-state index in [9.17, 15) is 0 Å². The molecule has 0 amide bonds. The molecule has 0 bridgehead atoms. The van der Waals surface area contributed by atoms with Gasteiger partial charge in [0.15, 0.2) is 10.6 Å². The molecule has 112 valence electrons. The Kier molecular flexibility index (Phi) is 3.26. The molecule has 0 atom stereocenters. The standard InChI is InChI=1S/C18H18N2OS/c1-12-5-3-6-13(2)17(12)19-18-20(14-8-9-14)15(11-22-18)16-7-4-10-21-16/h3-7,10-11,14H,8-9H2,1-2H3. The highest BCUT2D eigenvalue weighted by Gasteiger charge is 2.28. The van der Waals surface area contributed by atoms with Gasteiger partial charge in [-0.15, -0.1) is 11.3 Å². The predicted octanol–water partition coefficient (Wildman–Crippen LogP) is 4.99. The van der Waals surface area contributed by atoms with Gasteiger partial charge in [0.2, 0.25) is 0 Å². The molecule has 1 saturated carbocycles. The fourth-order valence-corrected chi connectivity index (χ4v) is 3.72. The Morgan fingerprint density at radius 3 is 2.55 bits per heavy atom. The van der Waals surface area contributed by atoms with Crippen LogP contribution in [0.25, 0.3) is 11.5 Å². The van der Waals surface area contributed by atoms with Gasteiger partial charge in [-0.05, 0) is 49.9 Å². The Balaban J connectivity index is 1.91. The van der Waals surface area contributed by atoms with E-state index in [1.54, 1.807) is 17.6 Å². The van der Waals surface area contributed by atoms with Crippen molar-refractivity contribution < 1.29 is 4.42 Å². The van der Waals surface area contributed by atoms with E-state index in [0.717, 1.165) is 21.9 Å². The zero-order valence-corrected chi connectivity index (χ0v) is 13.6. The summed E-state index contributed by atoms with van der Waals surface area (Å²) in [5.74, 6) is 0.922. The van der Waals surface area contributed by atoms with Crippen molar-refractivity contribution in [3.63, 3.8) is 0 Å². The maximum Gasteiger partial charge on any atom is 0.190 e. The number of rotatable bonds is 3. The van der Waals surface area contributed by atoms with E-state index in [1.807, 2.05) is 12.1 Å². The molecule has 0 spiro atoms. The second kappa shape index (κ2) is 5.29. The lowest BCUT2D eigenvalue weighted by molar-refractivity contribution is 0.570. The summed E-state index contributed by atoms with van der Waals surface area (Å²) in [7, 11) is 0. The molecule has 1 aliphatic rings. The van der Waals surface area contributed by atoms with Gasteiger partial charge in [-0.2, -0.15) is 0 Å². The molecule has 2 heterocycles. The molecule has 0 radical (unpaired) electrons. The smallest absolute Gasteiger partial charge is 0.190 e. The van der Waals surface area contributed by atoms with Crippen molar-refractivity contribution in [3.05, 3.63) is 57.9 Å². The zero-order valence-electron chi connectivity index (χ0n) is 12.7. The van der Waals surface area contributed by atoms with Crippen LogP contribution in [0.15, 0.2) is 51.4 Å². The molecule has 0 N–H and O–H groups in total. The van der Waals surface area contributed by atoms with E-state index >= 15 is 0 Å². The minimum Gasteiger partial charge on any atom is -0.463 e. The summed E-state index contributed by atoms with van der Waals surface area (Å²) in [6.45, 7) is 4.24. The van der Waals surface area contributed by atoms with Gasteiger partial charge in [-0.1, -0.05) is 18.2 Å². The monoisotopic (exact) mass is 310 g/mol. The predicted molar refractivity (Wildman–Crippen MR) is 89.4 cm³/mol. The third-order valence-electron chi connectivity index (χ3n) is 4.07. The van der Waals surface area contributed by atoms with Crippen molar-refractivity contribution in [3.8, 4) is 11.5 Å². The van der Waals surface area contributed by atoms with Crippen LogP contribution in [0.3, 0.4) is 0 Å². The number of aryl methyl sites for hydroxylation is 2. The largest absolute Gasteiger partial charge is 0.463 e. The maximum absolute atomic E-state index is 5.59. The highest BCUT2D eigenvalue weighted by molar-refractivity contribution is 7.07. The van der Waals surface area contributed by atoms with Gasteiger partial charge in [0.05, 0.1) is 17.6 Å². The molecule has 3 nitrogen and oxygen atoms in total. The van der Waals surface area contributed by atoms with E-state index in [-0.39, 0.29) is 0 Å². The first-order valence-corrected chi connectivity index (χ1v) is 8.47. The molecule has 1 aromatic carbocycles. The van der Waals surface area contributed by atoms with Gasteiger partial charge in [-0.3, -0.25) is 0 Å². The average molecular weight is 310 g/mol. The third-order valence-corrected chi connectivity index (χ3v) is 4.91. The van der Waals surface area contributed by atoms with Crippen molar-refractivity contribution >= 4 is 17.0 Å². The van der Waals surface area contributed by atoms with E-state index < -0.39 is 0 Å². The van der Waals surface area contributed by atoms with Gasteiger partial charge in [-0.25, -0.2) is 4.99 Å². The fourth-order valence-electron chi connectivity index (χ4n) is 2.77. The van der Waals surface area contributed by atoms with Crippen LogP contribution >= 0.6 is 11.3 Å². The van der Waals surface area contributed by atoms with Crippen LogP contribution in [0.1, 0.15) is 30.0 Å². The van der Waals surface area contributed by atoms with Gasteiger partial charge in [0, 0.05) is 11.4 Å². The van der Waals surface area contributed by atoms with Gasteiger partial charge < -0.3 is 8.98 Å². The minimum absolute atomic E-state index is 0.564. The van der Waals surface area contributed by atoms with Crippen LogP contribution in [-0.2, 0) is 0 Å². The number of thiazole rings is 1. The number of para-hydroxylation sites is 1. The van der Waals surface area contributed by atoms with Crippen molar-refractivity contribution in [2.24, 2.45) is 4.99 Å². The van der Waals surface area contributed by atoms with Gasteiger partial charge in [0.25, 0.3) is 0 Å². The molecule has 0 saturated heterocycles. The molecule has 3 aromatic rings. The van der Waals surface area contributed by atoms with Crippen LogP contribution in [0, 0.1) is 13.8 Å². The van der Waals surface area contributed by atoms with Crippen LogP contribution in [0.2, 0.25) is 0 Å². The van der Waals surface area contributed by atoms with Gasteiger partial charge >= 0.3 is 0 Å². The van der Waals surface area contributed by atoms with Crippen LogP contribution in [-0.4, -0.2) is 4.57 Å². The molecule has 1 fully saturated rings. The topological polar surface area (TPSA) is 30.4 Å². The maximum atomic E-state index is 5.59. The molecule has 0 aliphatic heterocycles. The first-order valence-electron chi connectivity index (χ1n) is 7.59. The first kappa shape index (κ1) is 13.6. The Morgan fingerprint density at radius 2 is 1.91 bits per heavy atom. The van der Waals surface area contributed by atoms with E-state index in [0.29, 0.717) is 6.04 Å². The van der Waals surface area contributed by atoms with Crippen molar-refractivity contribution in [2.75, 3.05) is 0 Å². The second-order valence-electron chi connectivity index (χ2n) is 5.83. The van der Waals surface area contributed by atoms with E-state index in [4.69, 9.17) is 9.41 Å². The van der Waals surface area contributed by atoms with Crippen LogP contribution < -0.4 is 4.80 Å². The third kappa shape index (κ3) is 2.33. The lowest BCUT2D eigenvalue weighted by atomic mass is 10.1. The molecular weight excluding hydrogens is 292 g/mol. The number of benzene rings is 1. The number of aromatic nitrogens is 1. The molecule has 1 aliphatic carbocycles. The van der Waals surface area contributed by atoms with Gasteiger partial charge in [0.1, 0.15) is 0 Å². The molecule has 4 rings (SSSR count). The fraction of sp³-hybridized carbons (Fsp3) is 0.278. The molecule has 4 heteroatoms. The second-order valence-corrected chi connectivity index (χ2v) is 6.67. The average Bonchev–Trinajstić information content (AvgIpc) is 3.03. The molecular formula is C18H18N2OS. The van der Waals surface area contributed by atoms with Crippen molar-refractivity contribution in [2.45, 2.75) is 32.7 Å². The summed E-state index contributed by atoms with van der Waals surface area (Å²) in [5.41, 5.74) is 4.66. The Hall–Kier alpha value is -2.07. The molecule has 22 heavy (non-hydrogen) atoms. The number of furan rings is 1. The summed E-state index contributed by atoms with van der Waals surface area (Å²) >= 11 is 1.69. The summed E-state index contributed by atoms with van der Waals surface area (Å²) in [6.07, 6.45) is 4.18. The summed E-state index contributed by atoms with van der Waals surface area (Å²) in [5, 5.41) is 2.16.